The summed E-state index contributed by atoms with van der Waals surface area (Å²) in [4.78, 5) is 13.8. The van der Waals surface area contributed by atoms with Crippen LogP contribution in [-0.4, -0.2) is 34.3 Å². The highest BCUT2D eigenvalue weighted by Gasteiger charge is 2.16. The highest BCUT2D eigenvalue weighted by molar-refractivity contribution is 5.38. The van der Waals surface area contributed by atoms with Crippen molar-refractivity contribution in [3.05, 3.63) is 64.3 Å². The Bertz CT molecular complexity index is 607. The van der Waals surface area contributed by atoms with Gasteiger partial charge in [0.05, 0.1) is 0 Å². The van der Waals surface area contributed by atoms with Crippen molar-refractivity contribution in [2.45, 2.75) is 12.6 Å². The number of ether oxygens (including phenoxy) is 1. The number of aliphatic hydroxyl groups excluding tert-OH is 1. The fourth-order valence-electron chi connectivity index (χ4n) is 1.86. The van der Waals surface area contributed by atoms with Crippen molar-refractivity contribution in [3.8, 4) is 5.75 Å². The number of hydrogen-bond donors (Lipinski definition) is 2. The van der Waals surface area contributed by atoms with Crippen molar-refractivity contribution >= 4 is 5.82 Å². The van der Waals surface area contributed by atoms with Crippen molar-refractivity contribution in [1.82, 2.24) is 10.3 Å². The molecular weight excluding hydrogens is 286 g/mol. The first-order valence-corrected chi connectivity index (χ1v) is 6.81. The van der Waals surface area contributed by atoms with E-state index in [9.17, 15) is 15.2 Å². The Morgan fingerprint density at radius 3 is 2.77 bits per heavy atom. The molecule has 1 heterocycles. The fraction of sp³-hybridized carbons (Fsp3) is 0.267. The average molecular weight is 303 g/mol. The Morgan fingerprint density at radius 1 is 1.27 bits per heavy atom. The molecule has 0 amide bonds. The molecule has 2 rings (SSSR count). The predicted molar refractivity (Wildman–Crippen MR) is 80.5 cm³/mol. The molecule has 1 atom stereocenters. The number of nitro groups is 1. The monoisotopic (exact) mass is 303 g/mol. The van der Waals surface area contributed by atoms with E-state index in [0.717, 1.165) is 5.56 Å². The van der Waals surface area contributed by atoms with Gasteiger partial charge in [-0.1, -0.05) is 30.3 Å². The van der Waals surface area contributed by atoms with E-state index in [4.69, 9.17) is 4.74 Å². The molecule has 7 nitrogen and oxygen atoms in total. The Labute approximate surface area is 127 Å². The minimum absolute atomic E-state index is 0.0473. The molecule has 7 heteroatoms. The Morgan fingerprint density at radius 2 is 2.05 bits per heavy atom. The lowest BCUT2D eigenvalue weighted by Gasteiger charge is -2.13. The van der Waals surface area contributed by atoms with Crippen molar-refractivity contribution in [2.75, 3.05) is 13.2 Å². The third kappa shape index (κ3) is 4.80. The number of rotatable bonds is 8. The van der Waals surface area contributed by atoms with E-state index >= 15 is 0 Å². The molecule has 2 aromatic rings. The number of nitrogens with zero attached hydrogens (tertiary/aromatic N) is 2. The van der Waals surface area contributed by atoms with Crippen LogP contribution in [0.3, 0.4) is 0 Å². The summed E-state index contributed by atoms with van der Waals surface area (Å²) in [6, 6.07) is 12.8. The molecule has 0 saturated heterocycles. The van der Waals surface area contributed by atoms with Gasteiger partial charge in [0.2, 0.25) is 5.75 Å². The smallest absolute Gasteiger partial charge is 0.406 e. The van der Waals surface area contributed by atoms with Crippen LogP contribution in [0.2, 0.25) is 0 Å². The molecule has 1 aromatic heterocycles. The normalized spacial score (nSPS) is 11.9. The van der Waals surface area contributed by atoms with Crippen molar-refractivity contribution in [2.24, 2.45) is 0 Å². The van der Waals surface area contributed by atoms with Crippen LogP contribution in [0.4, 0.5) is 5.82 Å². The molecule has 1 unspecified atom stereocenters. The zero-order chi connectivity index (χ0) is 15.8. The Hall–Kier alpha value is -2.51. The number of aromatic nitrogens is 1. The highest BCUT2D eigenvalue weighted by atomic mass is 16.6. The van der Waals surface area contributed by atoms with Crippen LogP contribution in [0.25, 0.3) is 0 Å². The van der Waals surface area contributed by atoms with Gasteiger partial charge in [-0.2, -0.15) is 0 Å². The zero-order valence-corrected chi connectivity index (χ0v) is 11.9. The second-order valence-corrected chi connectivity index (χ2v) is 4.66. The number of benzene rings is 1. The molecular formula is C15H17N3O4. The molecule has 0 aliphatic heterocycles. The molecule has 22 heavy (non-hydrogen) atoms. The van der Waals surface area contributed by atoms with E-state index in [1.54, 1.807) is 6.07 Å². The summed E-state index contributed by atoms with van der Waals surface area (Å²) in [6.07, 6.45) is 0.548. The molecule has 1 aromatic carbocycles. The van der Waals surface area contributed by atoms with Gasteiger partial charge < -0.3 is 25.3 Å². The predicted octanol–water partition coefficient (Wildman–Crippen LogP) is 1.52. The minimum Gasteiger partial charge on any atom is -0.483 e. The van der Waals surface area contributed by atoms with Gasteiger partial charge in [-0.05, 0) is 27.6 Å². The molecule has 116 valence electrons. The molecule has 0 fully saturated rings. The molecule has 2 N–H and O–H groups in total. The standard InChI is InChI=1S/C15H17N3O4/c19-13(10-16-9-12-5-2-1-3-6-12)11-22-14-7-4-8-17-15(14)18(20)21/h1-8,13,16,19H,9-11H2. The first-order chi connectivity index (χ1) is 10.7. The van der Waals surface area contributed by atoms with Crippen LogP contribution in [0, 0.1) is 10.1 Å². The lowest BCUT2D eigenvalue weighted by atomic mass is 10.2. The first-order valence-electron chi connectivity index (χ1n) is 6.81. The summed E-state index contributed by atoms with van der Waals surface area (Å²) in [7, 11) is 0. The summed E-state index contributed by atoms with van der Waals surface area (Å²) in [5, 5.41) is 23.7. The topological polar surface area (TPSA) is 97.5 Å². The van der Waals surface area contributed by atoms with Crippen LogP contribution in [0.1, 0.15) is 5.56 Å². The lowest BCUT2D eigenvalue weighted by Crippen LogP contribution is -2.31. The zero-order valence-electron chi connectivity index (χ0n) is 11.9. The van der Waals surface area contributed by atoms with Crippen molar-refractivity contribution < 1.29 is 14.8 Å². The summed E-state index contributed by atoms with van der Waals surface area (Å²) < 4.78 is 5.27. The number of pyridine rings is 1. The van der Waals surface area contributed by atoms with Gasteiger partial charge in [0, 0.05) is 13.1 Å². The van der Waals surface area contributed by atoms with Gasteiger partial charge in [0.15, 0.2) is 0 Å². The quantitative estimate of drug-likeness (QED) is 0.567. The van der Waals surface area contributed by atoms with Crippen LogP contribution in [-0.2, 0) is 6.54 Å². The molecule has 0 bridgehead atoms. The van der Waals surface area contributed by atoms with E-state index in [1.807, 2.05) is 30.3 Å². The molecule has 0 spiro atoms. The van der Waals surface area contributed by atoms with Gasteiger partial charge in [-0.3, -0.25) is 0 Å². The maximum atomic E-state index is 10.8. The van der Waals surface area contributed by atoms with Crippen LogP contribution in [0.5, 0.6) is 5.75 Å². The van der Waals surface area contributed by atoms with Gasteiger partial charge >= 0.3 is 5.82 Å². The number of hydrogen-bond acceptors (Lipinski definition) is 6. The number of nitrogens with one attached hydrogen (secondary N) is 1. The summed E-state index contributed by atoms with van der Waals surface area (Å²) in [6.45, 7) is 0.905. The SMILES string of the molecule is O=[N+]([O-])c1ncccc1OCC(O)CNCc1ccccc1. The second kappa shape index (κ2) is 8.06. The van der Waals surface area contributed by atoms with Gasteiger partial charge in [0.1, 0.15) is 18.9 Å². The van der Waals surface area contributed by atoms with E-state index in [1.165, 1.54) is 12.3 Å². The van der Waals surface area contributed by atoms with Crippen molar-refractivity contribution in [3.63, 3.8) is 0 Å². The minimum atomic E-state index is -0.775. The summed E-state index contributed by atoms with van der Waals surface area (Å²) in [5.41, 5.74) is 1.11. The Kier molecular flexibility index (Phi) is 5.81. The largest absolute Gasteiger partial charge is 0.483 e. The Balaban J connectivity index is 1.76. The lowest BCUT2D eigenvalue weighted by molar-refractivity contribution is -0.390. The molecule has 0 aliphatic rings. The van der Waals surface area contributed by atoms with E-state index in [2.05, 4.69) is 10.3 Å². The summed E-state index contributed by atoms with van der Waals surface area (Å²) >= 11 is 0. The van der Waals surface area contributed by atoms with Gasteiger partial charge in [0.25, 0.3) is 0 Å². The molecule has 0 saturated carbocycles. The third-order valence-corrected chi connectivity index (χ3v) is 2.91. The molecule has 0 radical (unpaired) electrons. The van der Waals surface area contributed by atoms with E-state index < -0.39 is 11.0 Å². The van der Waals surface area contributed by atoms with Crippen LogP contribution < -0.4 is 10.1 Å². The molecule has 0 aliphatic carbocycles. The van der Waals surface area contributed by atoms with Gasteiger partial charge in [-0.15, -0.1) is 0 Å². The maximum Gasteiger partial charge on any atom is 0.406 e. The fourth-order valence-corrected chi connectivity index (χ4v) is 1.86. The van der Waals surface area contributed by atoms with E-state index in [0.29, 0.717) is 13.1 Å². The maximum absolute atomic E-state index is 10.8. The second-order valence-electron chi connectivity index (χ2n) is 4.66. The average Bonchev–Trinajstić information content (AvgIpc) is 2.54. The van der Waals surface area contributed by atoms with E-state index in [-0.39, 0.29) is 18.2 Å². The van der Waals surface area contributed by atoms with Gasteiger partial charge in [-0.25, -0.2) is 0 Å². The number of aliphatic hydroxyl groups is 1. The van der Waals surface area contributed by atoms with Crippen LogP contribution >= 0.6 is 0 Å². The highest BCUT2D eigenvalue weighted by Crippen LogP contribution is 2.22. The summed E-state index contributed by atoms with van der Waals surface area (Å²) in [5.74, 6) is -0.304. The van der Waals surface area contributed by atoms with Crippen molar-refractivity contribution in [1.29, 1.82) is 0 Å². The van der Waals surface area contributed by atoms with Crippen LogP contribution in [0.15, 0.2) is 48.7 Å². The third-order valence-electron chi connectivity index (χ3n) is 2.91. The first kappa shape index (κ1) is 15.9.